The molecule has 2 aromatic rings. The molecule has 5 nitrogen and oxygen atoms in total. The van der Waals surface area contributed by atoms with Gasteiger partial charge in [0, 0.05) is 16.6 Å². The monoisotopic (exact) mass is 386 g/mol. The largest absolute Gasteiger partial charge is 0.313 e. The Labute approximate surface area is 161 Å². The van der Waals surface area contributed by atoms with E-state index in [1.54, 1.807) is 11.3 Å². The van der Waals surface area contributed by atoms with E-state index in [2.05, 4.69) is 32.2 Å². The van der Waals surface area contributed by atoms with E-state index in [-0.39, 0.29) is 5.91 Å². The fourth-order valence-electron chi connectivity index (χ4n) is 3.11. The summed E-state index contributed by atoms with van der Waals surface area (Å²) in [5, 5.41) is 9.80. The molecule has 2 aliphatic rings. The van der Waals surface area contributed by atoms with Gasteiger partial charge in [-0.05, 0) is 62.1 Å². The van der Waals surface area contributed by atoms with E-state index >= 15 is 0 Å². The summed E-state index contributed by atoms with van der Waals surface area (Å²) in [4.78, 5) is 20.4. The number of rotatable bonds is 7. The van der Waals surface area contributed by atoms with E-state index in [1.807, 2.05) is 23.6 Å². The van der Waals surface area contributed by atoms with Gasteiger partial charge in [0.05, 0.1) is 5.75 Å². The molecular weight excluding hydrogens is 364 g/mol. The number of amides is 1. The Morgan fingerprint density at radius 3 is 3.04 bits per heavy atom. The van der Waals surface area contributed by atoms with Crippen molar-refractivity contribution in [1.29, 1.82) is 0 Å². The molecule has 1 N–H and O–H groups in total. The molecule has 7 heteroatoms. The van der Waals surface area contributed by atoms with E-state index in [0.717, 1.165) is 25.7 Å². The zero-order chi connectivity index (χ0) is 17.8. The lowest BCUT2D eigenvalue weighted by Crippen LogP contribution is -2.34. The third-order valence-electron chi connectivity index (χ3n) is 4.51. The third-order valence-corrected chi connectivity index (χ3v) is 6.18. The number of thioether (sulfide) groups is 1. The van der Waals surface area contributed by atoms with Crippen LogP contribution in [0.5, 0.6) is 0 Å². The molecule has 0 atom stereocenters. The van der Waals surface area contributed by atoms with Crippen molar-refractivity contribution < 1.29 is 4.79 Å². The van der Waals surface area contributed by atoms with Crippen LogP contribution in [0.25, 0.3) is 12.2 Å². The van der Waals surface area contributed by atoms with Gasteiger partial charge >= 0.3 is 0 Å². The molecular formula is C19H22N4OS2. The lowest BCUT2D eigenvalue weighted by Gasteiger charge is -2.27. The smallest absolute Gasteiger partial charge is 0.237 e. The summed E-state index contributed by atoms with van der Waals surface area (Å²) < 4.78 is 0. The molecule has 2 aliphatic carbocycles. The molecule has 1 amide bonds. The van der Waals surface area contributed by atoms with Crippen molar-refractivity contribution in [2.24, 2.45) is 0 Å². The van der Waals surface area contributed by atoms with E-state index in [0.29, 0.717) is 22.8 Å². The van der Waals surface area contributed by atoms with Gasteiger partial charge in [-0.1, -0.05) is 23.9 Å². The predicted molar refractivity (Wildman–Crippen MR) is 107 cm³/mol. The Hall–Kier alpha value is -1.86. The van der Waals surface area contributed by atoms with E-state index < -0.39 is 0 Å². The van der Waals surface area contributed by atoms with Gasteiger partial charge in [-0.2, -0.15) is 0 Å². The summed E-state index contributed by atoms with van der Waals surface area (Å²) in [6.45, 7) is 0. The van der Waals surface area contributed by atoms with Crippen LogP contribution >= 0.6 is 23.1 Å². The fourth-order valence-corrected chi connectivity index (χ4v) is 4.39. The number of aromatic amines is 1. The van der Waals surface area contributed by atoms with Crippen LogP contribution in [0.15, 0.2) is 34.4 Å². The number of hydrogen-bond acceptors (Lipinski definition) is 5. The predicted octanol–water partition coefficient (Wildman–Crippen LogP) is 4.58. The lowest BCUT2D eigenvalue weighted by molar-refractivity contribution is -0.127. The van der Waals surface area contributed by atoms with Crippen LogP contribution in [0.1, 0.15) is 49.2 Å². The summed E-state index contributed by atoms with van der Waals surface area (Å²) in [5.41, 5.74) is 1.24. The molecule has 0 aromatic carbocycles. The summed E-state index contributed by atoms with van der Waals surface area (Å²) >= 11 is 3.09. The highest BCUT2D eigenvalue weighted by Gasteiger charge is 2.34. The minimum Gasteiger partial charge on any atom is -0.313 e. The number of allylic oxidation sites excluding steroid dienone is 2. The van der Waals surface area contributed by atoms with Crippen molar-refractivity contribution >= 4 is 41.2 Å². The van der Waals surface area contributed by atoms with Crippen LogP contribution in [0.3, 0.4) is 0 Å². The van der Waals surface area contributed by atoms with Crippen molar-refractivity contribution in [1.82, 2.24) is 20.1 Å². The molecule has 1 saturated carbocycles. The maximum absolute atomic E-state index is 12.8. The van der Waals surface area contributed by atoms with E-state index in [9.17, 15) is 4.79 Å². The van der Waals surface area contributed by atoms with Gasteiger partial charge in [0.2, 0.25) is 11.1 Å². The van der Waals surface area contributed by atoms with Crippen molar-refractivity contribution in [3.05, 3.63) is 40.0 Å². The minimum absolute atomic E-state index is 0.186. The SMILES string of the molecule is O=C(CSc1n[nH]c(/C=C/c2cccs2)n1)N(C1=CCCCC1)C1CC1. The highest BCUT2D eigenvalue weighted by atomic mass is 32.2. The number of carbonyl (C=O) groups is 1. The minimum atomic E-state index is 0.186. The number of hydrogen-bond donors (Lipinski definition) is 1. The van der Waals surface area contributed by atoms with Crippen molar-refractivity contribution in [2.45, 2.75) is 49.7 Å². The second-order valence-corrected chi connectivity index (χ2v) is 8.50. The molecule has 2 aromatic heterocycles. The van der Waals surface area contributed by atoms with E-state index in [1.165, 1.54) is 35.2 Å². The first-order valence-electron chi connectivity index (χ1n) is 9.07. The Morgan fingerprint density at radius 1 is 1.38 bits per heavy atom. The Kier molecular flexibility index (Phi) is 5.55. The molecule has 4 rings (SSSR count). The highest BCUT2D eigenvalue weighted by molar-refractivity contribution is 7.99. The molecule has 0 spiro atoms. The van der Waals surface area contributed by atoms with Crippen LogP contribution in [0, 0.1) is 0 Å². The van der Waals surface area contributed by atoms with Gasteiger partial charge < -0.3 is 4.90 Å². The van der Waals surface area contributed by atoms with Crippen molar-refractivity contribution in [2.75, 3.05) is 5.75 Å². The van der Waals surface area contributed by atoms with Gasteiger partial charge in [-0.15, -0.1) is 16.4 Å². The lowest BCUT2D eigenvalue weighted by atomic mass is 10.0. The maximum atomic E-state index is 12.8. The molecule has 136 valence electrons. The molecule has 0 radical (unpaired) electrons. The second kappa shape index (κ2) is 8.22. The first-order chi connectivity index (χ1) is 12.8. The molecule has 0 unspecified atom stereocenters. The Balaban J connectivity index is 1.34. The van der Waals surface area contributed by atoms with Crippen LogP contribution in [0.4, 0.5) is 0 Å². The van der Waals surface area contributed by atoms with Crippen LogP contribution in [-0.4, -0.2) is 37.8 Å². The number of H-pyrrole nitrogens is 1. The van der Waals surface area contributed by atoms with Crippen LogP contribution in [0.2, 0.25) is 0 Å². The quantitative estimate of drug-likeness (QED) is 0.708. The van der Waals surface area contributed by atoms with Crippen LogP contribution in [-0.2, 0) is 4.79 Å². The number of thiophene rings is 1. The number of aromatic nitrogens is 3. The summed E-state index contributed by atoms with van der Waals surface area (Å²) in [7, 11) is 0. The normalized spacial score (nSPS) is 17.5. The maximum Gasteiger partial charge on any atom is 0.237 e. The summed E-state index contributed by atoms with van der Waals surface area (Å²) in [6.07, 6.45) is 13.0. The molecule has 26 heavy (non-hydrogen) atoms. The zero-order valence-electron chi connectivity index (χ0n) is 14.6. The number of carbonyl (C=O) groups excluding carboxylic acids is 1. The van der Waals surface area contributed by atoms with Gasteiger partial charge in [0.1, 0.15) is 5.82 Å². The Morgan fingerprint density at radius 2 is 2.31 bits per heavy atom. The first-order valence-corrected chi connectivity index (χ1v) is 10.9. The number of nitrogens with one attached hydrogen (secondary N) is 1. The Bertz CT molecular complexity index is 805. The van der Waals surface area contributed by atoms with Crippen molar-refractivity contribution in [3.63, 3.8) is 0 Å². The summed E-state index contributed by atoms with van der Waals surface area (Å²) in [6, 6.07) is 4.49. The zero-order valence-corrected chi connectivity index (χ0v) is 16.2. The van der Waals surface area contributed by atoms with Gasteiger partial charge in [0.15, 0.2) is 0 Å². The second-order valence-electron chi connectivity index (χ2n) is 6.58. The average Bonchev–Trinajstić information content (AvgIpc) is 3.17. The molecule has 1 fully saturated rings. The van der Waals surface area contributed by atoms with Crippen LogP contribution < -0.4 is 0 Å². The molecule has 0 bridgehead atoms. The first kappa shape index (κ1) is 17.5. The topological polar surface area (TPSA) is 61.9 Å². The van der Waals surface area contributed by atoms with Gasteiger partial charge in [-0.25, -0.2) is 4.98 Å². The fraction of sp³-hybridized carbons (Fsp3) is 0.421. The van der Waals surface area contributed by atoms with Gasteiger partial charge in [0.25, 0.3) is 0 Å². The van der Waals surface area contributed by atoms with Gasteiger partial charge in [-0.3, -0.25) is 9.89 Å². The molecule has 0 aliphatic heterocycles. The highest BCUT2D eigenvalue weighted by Crippen LogP contribution is 2.34. The summed E-state index contributed by atoms with van der Waals surface area (Å²) in [5.74, 6) is 1.29. The standard InChI is InChI=1S/C19H22N4OS2/c24-18(23(15-8-9-15)14-5-2-1-3-6-14)13-26-19-20-17(21-22-19)11-10-16-7-4-12-25-16/h4-5,7,10-12,15H,1-3,6,8-9,13H2,(H,20,21,22)/b11-10+. The molecule has 0 saturated heterocycles. The van der Waals surface area contributed by atoms with E-state index in [4.69, 9.17) is 0 Å². The molecule has 2 heterocycles. The number of nitrogens with zero attached hydrogens (tertiary/aromatic N) is 3. The third kappa shape index (κ3) is 4.45. The average molecular weight is 387 g/mol. The van der Waals surface area contributed by atoms with Crippen molar-refractivity contribution in [3.8, 4) is 0 Å².